The van der Waals surface area contributed by atoms with Crippen molar-refractivity contribution in [1.82, 2.24) is 20.5 Å². The molecule has 0 aliphatic heterocycles. The second-order valence-electron chi connectivity index (χ2n) is 4.30. The van der Waals surface area contributed by atoms with E-state index in [1.165, 1.54) is 0 Å². The number of nitrogens with one attached hydrogen (secondary N) is 2. The molecule has 1 amide bonds. The number of H-pyrrole nitrogens is 1. The third-order valence-corrected chi connectivity index (χ3v) is 2.69. The number of hydrogen-bond acceptors (Lipinski definition) is 4. The summed E-state index contributed by atoms with van der Waals surface area (Å²) in [5.74, 6) is -1.29. The average Bonchev–Trinajstić information content (AvgIpc) is 2.86. The van der Waals surface area contributed by atoms with Crippen molar-refractivity contribution in [2.75, 3.05) is 0 Å². The Morgan fingerprint density at radius 1 is 1.35 bits per heavy atom. The molecule has 0 bridgehead atoms. The number of carbonyl (C=O) groups excluding carboxylic acids is 1. The Kier molecular flexibility index (Phi) is 4.09. The number of aliphatic carboxylic acids is 1. The molecule has 2 aromatic rings. The summed E-state index contributed by atoms with van der Waals surface area (Å²) >= 11 is 0. The maximum atomic E-state index is 11.8. The molecule has 1 unspecified atom stereocenters. The number of aromatic nitrogens is 3. The highest BCUT2D eigenvalue weighted by Gasteiger charge is 2.22. The van der Waals surface area contributed by atoms with Gasteiger partial charge in [-0.2, -0.15) is 0 Å². The van der Waals surface area contributed by atoms with E-state index in [0.717, 1.165) is 5.56 Å². The first-order valence-electron chi connectivity index (χ1n) is 6.03. The SMILES string of the molecule is Cc1nc(C(=O)NC(Cc2ccccc2)C(=O)O)n[nH]1. The van der Waals surface area contributed by atoms with Crippen LogP contribution in [0.5, 0.6) is 0 Å². The lowest BCUT2D eigenvalue weighted by Crippen LogP contribution is -2.42. The van der Waals surface area contributed by atoms with Gasteiger partial charge in [-0.25, -0.2) is 9.78 Å². The second kappa shape index (κ2) is 5.96. The topological polar surface area (TPSA) is 108 Å². The minimum Gasteiger partial charge on any atom is -0.480 e. The van der Waals surface area contributed by atoms with E-state index in [2.05, 4.69) is 20.5 Å². The first-order valence-corrected chi connectivity index (χ1v) is 6.03. The van der Waals surface area contributed by atoms with Crippen molar-refractivity contribution < 1.29 is 14.7 Å². The number of rotatable bonds is 5. The summed E-state index contributed by atoms with van der Waals surface area (Å²) < 4.78 is 0. The molecule has 1 heterocycles. The van der Waals surface area contributed by atoms with Gasteiger partial charge in [0, 0.05) is 6.42 Å². The van der Waals surface area contributed by atoms with Crippen molar-refractivity contribution in [3.05, 3.63) is 47.5 Å². The lowest BCUT2D eigenvalue weighted by atomic mass is 10.1. The molecule has 2 rings (SSSR count). The smallest absolute Gasteiger partial charge is 0.326 e. The molecule has 3 N–H and O–H groups in total. The number of aryl methyl sites for hydroxylation is 1. The maximum Gasteiger partial charge on any atom is 0.326 e. The minimum absolute atomic E-state index is 0.0678. The van der Waals surface area contributed by atoms with Crippen LogP contribution in [0.2, 0.25) is 0 Å². The zero-order chi connectivity index (χ0) is 14.5. The molecule has 0 aliphatic rings. The van der Waals surface area contributed by atoms with Crippen LogP contribution >= 0.6 is 0 Å². The Morgan fingerprint density at radius 2 is 2.05 bits per heavy atom. The third-order valence-electron chi connectivity index (χ3n) is 2.69. The van der Waals surface area contributed by atoms with E-state index >= 15 is 0 Å². The second-order valence-corrected chi connectivity index (χ2v) is 4.30. The fourth-order valence-electron chi connectivity index (χ4n) is 1.72. The molecule has 0 saturated heterocycles. The van der Waals surface area contributed by atoms with Crippen LogP contribution in [0.1, 0.15) is 22.0 Å². The van der Waals surface area contributed by atoms with Crippen LogP contribution in [0, 0.1) is 6.92 Å². The molecule has 0 radical (unpaired) electrons. The Morgan fingerprint density at radius 3 is 2.60 bits per heavy atom. The van der Waals surface area contributed by atoms with E-state index in [1.807, 2.05) is 18.2 Å². The van der Waals surface area contributed by atoms with Crippen LogP contribution in [-0.2, 0) is 11.2 Å². The van der Waals surface area contributed by atoms with Gasteiger partial charge in [-0.1, -0.05) is 30.3 Å². The van der Waals surface area contributed by atoms with Crippen molar-refractivity contribution >= 4 is 11.9 Å². The summed E-state index contributed by atoms with van der Waals surface area (Å²) in [4.78, 5) is 26.9. The van der Waals surface area contributed by atoms with Crippen molar-refractivity contribution in [2.45, 2.75) is 19.4 Å². The molecule has 20 heavy (non-hydrogen) atoms. The van der Waals surface area contributed by atoms with Gasteiger partial charge in [0.2, 0.25) is 5.82 Å². The molecule has 1 aromatic carbocycles. The van der Waals surface area contributed by atoms with Crippen LogP contribution in [0.3, 0.4) is 0 Å². The van der Waals surface area contributed by atoms with Crippen LogP contribution in [-0.4, -0.2) is 38.2 Å². The predicted octanol–water partition coefficient (Wildman–Crippen LogP) is 0.539. The van der Waals surface area contributed by atoms with E-state index in [1.54, 1.807) is 19.1 Å². The van der Waals surface area contributed by atoms with Crippen molar-refractivity contribution in [2.24, 2.45) is 0 Å². The standard InChI is InChI=1S/C13H14N4O3/c1-8-14-11(17-16-8)12(18)15-10(13(19)20)7-9-5-3-2-4-6-9/h2-6,10H,7H2,1H3,(H,15,18)(H,19,20)(H,14,16,17). The Hall–Kier alpha value is -2.70. The molecule has 0 saturated carbocycles. The highest BCUT2D eigenvalue weighted by molar-refractivity contribution is 5.93. The van der Waals surface area contributed by atoms with E-state index in [4.69, 9.17) is 0 Å². The average molecular weight is 274 g/mol. The summed E-state index contributed by atoms with van der Waals surface area (Å²) in [5, 5.41) is 17.8. The molecule has 0 aliphatic carbocycles. The fourth-order valence-corrected chi connectivity index (χ4v) is 1.72. The van der Waals surface area contributed by atoms with Gasteiger partial charge in [-0.05, 0) is 12.5 Å². The number of carbonyl (C=O) groups is 2. The lowest BCUT2D eigenvalue weighted by Gasteiger charge is -2.13. The summed E-state index contributed by atoms with van der Waals surface area (Å²) in [7, 11) is 0. The molecular formula is C13H14N4O3. The summed E-state index contributed by atoms with van der Waals surface area (Å²) in [6.45, 7) is 1.66. The highest BCUT2D eigenvalue weighted by Crippen LogP contribution is 2.04. The van der Waals surface area contributed by atoms with Gasteiger partial charge < -0.3 is 10.4 Å². The predicted molar refractivity (Wildman–Crippen MR) is 70.2 cm³/mol. The highest BCUT2D eigenvalue weighted by atomic mass is 16.4. The van der Waals surface area contributed by atoms with Crippen molar-refractivity contribution in [3.8, 4) is 0 Å². The zero-order valence-electron chi connectivity index (χ0n) is 10.8. The van der Waals surface area contributed by atoms with Crippen LogP contribution < -0.4 is 5.32 Å². The molecule has 0 fully saturated rings. The molecule has 7 nitrogen and oxygen atoms in total. The Labute approximate surface area is 115 Å². The van der Waals surface area contributed by atoms with Crippen LogP contribution in [0.15, 0.2) is 30.3 Å². The molecule has 0 spiro atoms. The summed E-state index contributed by atoms with van der Waals surface area (Å²) in [5.41, 5.74) is 0.825. The van der Waals surface area contributed by atoms with Crippen molar-refractivity contribution in [3.63, 3.8) is 0 Å². The number of hydrogen-bond donors (Lipinski definition) is 3. The molecule has 7 heteroatoms. The largest absolute Gasteiger partial charge is 0.480 e. The third kappa shape index (κ3) is 3.41. The quantitative estimate of drug-likeness (QED) is 0.737. The van der Waals surface area contributed by atoms with Crippen LogP contribution in [0.25, 0.3) is 0 Å². The first kappa shape index (κ1) is 13.7. The number of amides is 1. The normalized spacial score (nSPS) is 11.8. The van der Waals surface area contributed by atoms with Gasteiger partial charge >= 0.3 is 5.97 Å². The molecular weight excluding hydrogens is 260 g/mol. The first-order chi connectivity index (χ1) is 9.56. The Balaban J connectivity index is 2.06. The maximum absolute atomic E-state index is 11.8. The monoisotopic (exact) mass is 274 g/mol. The minimum atomic E-state index is -1.10. The molecule has 1 atom stereocenters. The van der Waals surface area contributed by atoms with Crippen LogP contribution in [0.4, 0.5) is 0 Å². The number of nitrogens with zero attached hydrogens (tertiary/aromatic N) is 2. The number of benzene rings is 1. The van der Waals surface area contributed by atoms with Gasteiger partial charge in [0.05, 0.1) is 0 Å². The molecule has 104 valence electrons. The van der Waals surface area contributed by atoms with E-state index in [9.17, 15) is 14.7 Å². The van der Waals surface area contributed by atoms with Gasteiger partial charge in [-0.15, -0.1) is 5.10 Å². The van der Waals surface area contributed by atoms with Gasteiger partial charge in [0.25, 0.3) is 5.91 Å². The van der Waals surface area contributed by atoms with E-state index in [-0.39, 0.29) is 12.2 Å². The molecule has 1 aromatic heterocycles. The number of carboxylic acid groups (broad SMARTS) is 1. The number of carboxylic acids is 1. The van der Waals surface area contributed by atoms with Gasteiger partial charge in [-0.3, -0.25) is 9.89 Å². The van der Waals surface area contributed by atoms with Crippen molar-refractivity contribution in [1.29, 1.82) is 0 Å². The van der Waals surface area contributed by atoms with E-state index in [0.29, 0.717) is 5.82 Å². The zero-order valence-corrected chi connectivity index (χ0v) is 10.8. The lowest BCUT2D eigenvalue weighted by molar-refractivity contribution is -0.139. The fraction of sp³-hybridized carbons (Fsp3) is 0.231. The van der Waals surface area contributed by atoms with Gasteiger partial charge in [0.1, 0.15) is 11.9 Å². The Bertz CT molecular complexity index is 609. The van der Waals surface area contributed by atoms with E-state index < -0.39 is 17.9 Å². The summed E-state index contributed by atoms with van der Waals surface area (Å²) in [6.07, 6.45) is 0.200. The van der Waals surface area contributed by atoms with Gasteiger partial charge in [0.15, 0.2) is 0 Å². The number of aromatic amines is 1. The summed E-state index contributed by atoms with van der Waals surface area (Å²) in [6, 6.07) is 8.05.